The van der Waals surface area contributed by atoms with Crippen molar-refractivity contribution in [3.05, 3.63) is 177 Å². The van der Waals surface area contributed by atoms with E-state index in [-0.39, 0.29) is 29.9 Å². The second-order valence-corrected chi connectivity index (χ2v) is 16.2. The smallest absolute Gasteiger partial charge is 0.328 e. The summed E-state index contributed by atoms with van der Waals surface area (Å²) in [6.45, 7) is 8.05. The van der Waals surface area contributed by atoms with E-state index in [1.807, 2.05) is 118 Å². The highest BCUT2D eigenvalue weighted by Crippen LogP contribution is 2.43. The molecule has 2 atom stereocenters. The Balaban J connectivity index is 1.16. The van der Waals surface area contributed by atoms with Gasteiger partial charge in [0.2, 0.25) is 5.82 Å². The van der Waals surface area contributed by atoms with Crippen LogP contribution in [0.4, 0.5) is 0 Å². The lowest BCUT2D eigenvalue weighted by Gasteiger charge is -2.34. The lowest BCUT2D eigenvalue weighted by molar-refractivity contribution is -0.146. The molecule has 1 amide bonds. The van der Waals surface area contributed by atoms with Gasteiger partial charge >= 0.3 is 5.97 Å². The Morgan fingerprint density at radius 1 is 0.839 bits per heavy atom. The van der Waals surface area contributed by atoms with Crippen molar-refractivity contribution in [3.8, 4) is 22.7 Å². The SMILES string of the molecule is CCOC(=O)[C@@H](NC(=O)c1c(Cl)nc(CC)n1Cc1ccc2oc(-c3ccccc3-c3nnn(C(c4ccccc4)(c4ccccc4)c4ccccc4)n3)c(Br)c2c1)[C@@H](C)CC. The van der Waals surface area contributed by atoms with Gasteiger partial charge in [0.15, 0.2) is 10.7 Å². The number of aryl methyl sites for hydroxylation is 1. The zero-order valence-corrected chi connectivity index (χ0v) is 37.1. The molecule has 62 heavy (non-hydrogen) atoms. The molecule has 11 nitrogen and oxygen atoms in total. The monoisotopic (exact) mass is 909 g/mol. The number of aromatic nitrogens is 6. The van der Waals surface area contributed by atoms with Gasteiger partial charge in [-0.15, -0.1) is 15.0 Å². The molecule has 0 fully saturated rings. The van der Waals surface area contributed by atoms with E-state index in [9.17, 15) is 9.59 Å². The Labute approximate surface area is 373 Å². The molecule has 0 aliphatic carbocycles. The molecule has 3 aromatic heterocycles. The molecule has 0 radical (unpaired) electrons. The summed E-state index contributed by atoms with van der Waals surface area (Å²) in [6, 6.07) is 43.6. The number of carbonyl (C=O) groups is 2. The number of carbonyl (C=O) groups excluding carboxylic acids is 2. The maximum absolute atomic E-state index is 13.9. The van der Waals surface area contributed by atoms with E-state index in [0.717, 1.165) is 43.2 Å². The maximum atomic E-state index is 13.9. The molecule has 0 saturated carbocycles. The predicted octanol–water partition coefficient (Wildman–Crippen LogP) is 10.5. The van der Waals surface area contributed by atoms with E-state index in [2.05, 4.69) is 62.6 Å². The largest absolute Gasteiger partial charge is 0.464 e. The van der Waals surface area contributed by atoms with Crippen LogP contribution in [-0.2, 0) is 28.0 Å². The second kappa shape index (κ2) is 18.3. The van der Waals surface area contributed by atoms with Gasteiger partial charge in [-0.05, 0) is 68.4 Å². The quantitative estimate of drug-likeness (QED) is 0.0795. The number of furan rings is 1. The van der Waals surface area contributed by atoms with Gasteiger partial charge < -0.3 is 19.0 Å². The zero-order valence-electron chi connectivity index (χ0n) is 34.8. The molecule has 0 aliphatic heterocycles. The summed E-state index contributed by atoms with van der Waals surface area (Å²) in [7, 11) is 0. The standard InChI is InChI=1S/C49H45BrClN7O4/c1-5-31(4)42(48(60)61-7-3)53-47(59)43-45(51)52-40(6-2)57(43)30-32-27-28-39-38(29-32)41(50)44(62-39)36-25-17-18-26-37(36)46-54-56-58(55-46)49(33-19-11-8-12-20-33,34-21-13-9-14-22-34)35-23-15-10-16-24-35/h8-29,31,42H,5-7,30H2,1-4H3,(H,53,59)/t31-,42-/m0/s1. The lowest BCUT2D eigenvalue weighted by Crippen LogP contribution is -2.46. The minimum absolute atomic E-state index is 0.0645. The normalized spacial score (nSPS) is 12.6. The molecule has 314 valence electrons. The highest BCUT2D eigenvalue weighted by molar-refractivity contribution is 9.10. The van der Waals surface area contributed by atoms with Crippen LogP contribution in [0.25, 0.3) is 33.7 Å². The number of fused-ring (bicyclic) bond motifs is 1. The number of halogens is 2. The first-order valence-corrected chi connectivity index (χ1v) is 21.9. The van der Waals surface area contributed by atoms with Crippen molar-refractivity contribution in [2.45, 2.75) is 58.7 Å². The molecule has 13 heteroatoms. The zero-order chi connectivity index (χ0) is 43.4. The van der Waals surface area contributed by atoms with E-state index in [0.29, 0.717) is 35.8 Å². The lowest BCUT2D eigenvalue weighted by atomic mass is 9.77. The van der Waals surface area contributed by atoms with E-state index in [1.165, 1.54) is 0 Å². The molecule has 0 spiro atoms. The first-order chi connectivity index (χ1) is 30.2. The van der Waals surface area contributed by atoms with E-state index in [1.54, 1.807) is 16.3 Å². The molecule has 0 aliphatic rings. The van der Waals surface area contributed by atoms with Crippen LogP contribution in [0.5, 0.6) is 0 Å². The van der Waals surface area contributed by atoms with Crippen molar-refractivity contribution < 1.29 is 18.7 Å². The minimum atomic E-state index is -0.936. The molecule has 1 N–H and O–H groups in total. The van der Waals surface area contributed by atoms with Crippen LogP contribution in [0.2, 0.25) is 5.15 Å². The third kappa shape index (κ3) is 7.84. The van der Waals surface area contributed by atoms with E-state index in [4.69, 9.17) is 36.2 Å². The van der Waals surface area contributed by atoms with Crippen molar-refractivity contribution in [1.82, 2.24) is 35.1 Å². The number of hydrogen-bond acceptors (Lipinski definition) is 8. The number of nitrogens with one attached hydrogen (secondary N) is 1. The number of rotatable bonds is 15. The molecular formula is C49H45BrClN7O4. The average Bonchev–Trinajstić information content (AvgIpc) is 4.02. The number of nitrogens with zero attached hydrogens (tertiary/aromatic N) is 6. The van der Waals surface area contributed by atoms with Crippen molar-refractivity contribution in [2.24, 2.45) is 5.92 Å². The Morgan fingerprint density at radius 3 is 2.02 bits per heavy atom. The summed E-state index contributed by atoms with van der Waals surface area (Å²) in [5, 5.41) is 18.4. The summed E-state index contributed by atoms with van der Waals surface area (Å²) >= 11 is 10.5. The van der Waals surface area contributed by atoms with Crippen molar-refractivity contribution in [1.29, 1.82) is 0 Å². The molecule has 0 saturated heterocycles. The molecule has 0 bridgehead atoms. The number of benzene rings is 5. The summed E-state index contributed by atoms with van der Waals surface area (Å²) in [4.78, 5) is 33.0. The number of esters is 1. The van der Waals surface area contributed by atoms with Gasteiger partial charge in [-0.1, -0.05) is 160 Å². The first-order valence-electron chi connectivity index (χ1n) is 20.7. The number of tetrazole rings is 1. The van der Waals surface area contributed by atoms with Crippen LogP contribution in [0.3, 0.4) is 0 Å². The van der Waals surface area contributed by atoms with Crippen LogP contribution >= 0.6 is 27.5 Å². The third-order valence-corrected chi connectivity index (χ3v) is 12.4. The van der Waals surface area contributed by atoms with Gasteiger partial charge in [0.25, 0.3) is 5.91 Å². The summed E-state index contributed by atoms with van der Waals surface area (Å²) in [5.74, 6) is 0.514. The summed E-state index contributed by atoms with van der Waals surface area (Å²) in [5.41, 5.74) is 5.22. The highest BCUT2D eigenvalue weighted by Gasteiger charge is 2.41. The fourth-order valence-corrected chi connectivity index (χ4v) is 8.92. The van der Waals surface area contributed by atoms with Gasteiger partial charge in [0, 0.05) is 29.5 Å². The third-order valence-electron chi connectivity index (χ3n) is 11.3. The molecule has 3 heterocycles. The Hall–Kier alpha value is -6.37. The van der Waals surface area contributed by atoms with Crippen molar-refractivity contribution in [2.75, 3.05) is 6.61 Å². The van der Waals surface area contributed by atoms with Gasteiger partial charge in [0.1, 0.15) is 28.9 Å². The van der Waals surface area contributed by atoms with E-state index < -0.39 is 23.5 Å². The number of ether oxygens (including phenoxy) is 1. The van der Waals surface area contributed by atoms with Crippen LogP contribution in [-0.4, -0.2) is 54.3 Å². The predicted molar refractivity (Wildman–Crippen MR) is 244 cm³/mol. The summed E-state index contributed by atoms with van der Waals surface area (Å²) in [6.07, 6.45) is 1.19. The van der Waals surface area contributed by atoms with E-state index >= 15 is 0 Å². The maximum Gasteiger partial charge on any atom is 0.328 e. The van der Waals surface area contributed by atoms with Gasteiger partial charge in [0.05, 0.1) is 11.1 Å². The summed E-state index contributed by atoms with van der Waals surface area (Å²) < 4.78 is 14.4. The van der Waals surface area contributed by atoms with Crippen LogP contribution in [0, 0.1) is 5.92 Å². The molecule has 5 aromatic carbocycles. The number of imidazole rings is 1. The Kier molecular flexibility index (Phi) is 12.5. The highest BCUT2D eigenvalue weighted by atomic mass is 79.9. The molecule has 0 unspecified atom stereocenters. The van der Waals surface area contributed by atoms with Gasteiger partial charge in [-0.25, -0.2) is 9.78 Å². The van der Waals surface area contributed by atoms with Gasteiger partial charge in [-0.3, -0.25) is 4.79 Å². The van der Waals surface area contributed by atoms with Crippen molar-refractivity contribution >= 4 is 50.4 Å². The van der Waals surface area contributed by atoms with Crippen LogP contribution in [0.1, 0.15) is 72.7 Å². The second-order valence-electron chi connectivity index (χ2n) is 15.0. The number of hydrogen-bond donors (Lipinski definition) is 1. The molecule has 8 rings (SSSR count). The van der Waals surface area contributed by atoms with Gasteiger partial charge in [-0.2, -0.15) is 0 Å². The average molecular weight is 911 g/mol. The topological polar surface area (TPSA) is 130 Å². The Bertz CT molecular complexity index is 2750. The van der Waals surface area contributed by atoms with Crippen molar-refractivity contribution in [3.63, 3.8) is 0 Å². The molecule has 8 aromatic rings. The first kappa shape index (κ1) is 42.3. The van der Waals surface area contributed by atoms with Crippen LogP contribution in [0.15, 0.2) is 142 Å². The fraction of sp³-hybridized carbons (Fsp3) is 0.224. The minimum Gasteiger partial charge on any atom is -0.464 e. The fourth-order valence-electron chi connectivity index (χ4n) is 8.03. The molecular weight excluding hydrogens is 866 g/mol. The Morgan fingerprint density at radius 2 is 1.44 bits per heavy atom. The van der Waals surface area contributed by atoms with Crippen LogP contribution < -0.4 is 5.32 Å². The number of amides is 1.